The highest BCUT2D eigenvalue weighted by molar-refractivity contribution is 5.93. The van der Waals surface area contributed by atoms with E-state index in [1.807, 2.05) is 12.1 Å². The molecule has 0 aromatic heterocycles. The smallest absolute Gasteiger partial charge is 0.307 e. The lowest BCUT2D eigenvalue weighted by atomic mass is 10.1. The number of carboxylic acid groups (broad SMARTS) is 1. The van der Waals surface area contributed by atoms with Crippen LogP contribution in [0.25, 0.3) is 0 Å². The fraction of sp³-hybridized carbons (Fsp3) is 0.429. The van der Waals surface area contributed by atoms with Gasteiger partial charge in [-0.15, -0.1) is 0 Å². The second-order valence-electron chi connectivity index (χ2n) is 4.60. The molecule has 1 aromatic rings. The van der Waals surface area contributed by atoms with Crippen molar-refractivity contribution in [2.75, 3.05) is 11.4 Å². The topological polar surface area (TPSA) is 57.6 Å². The average molecular weight is 247 g/mol. The third-order valence-corrected chi connectivity index (χ3v) is 3.15. The van der Waals surface area contributed by atoms with E-state index in [4.69, 9.17) is 5.11 Å². The van der Waals surface area contributed by atoms with Crippen molar-refractivity contribution < 1.29 is 14.7 Å². The molecule has 0 bridgehead atoms. The molecule has 96 valence electrons. The van der Waals surface area contributed by atoms with Gasteiger partial charge in [0, 0.05) is 18.7 Å². The minimum Gasteiger partial charge on any atom is -0.481 e. The molecule has 1 aliphatic heterocycles. The number of carbonyl (C=O) groups is 2. The summed E-state index contributed by atoms with van der Waals surface area (Å²) in [5.74, 6) is -0.714. The molecule has 0 aliphatic carbocycles. The monoisotopic (exact) mass is 247 g/mol. The molecule has 1 amide bonds. The highest BCUT2D eigenvalue weighted by Crippen LogP contribution is 2.21. The van der Waals surface area contributed by atoms with E-state index in [1.165, 1.54) is 0 Å². The minimum absolute atomic E-state index is 0.00410. The van der Waals surface area contributed by atoms with Crippen LogP contribution in [0.3, 0.4) is 0 Å². The molecule has 1 heterocycles. The molecule has 1 saturated heterocycles. The Bertz CT molecular complexity index is 456. The standard InChI is InChI=1S/C14H17NO3/c16-13-7-2-1-3-8-15(13)12-6-4-5-11(9-12)10-14(17)18/h4-6,9H,1-3,7-8,10H2,(H,17,18). The molecule has 0 spiro atoms. The quantitative estimate of drug-likeness (QED) is 0.891. The summed E-state index contributed by atoms with van der Waals surface area (Å²) in [6, 6.07) is 7.26. The molecule has 1 N–H and O–H groups in total. The first kappa shape index (κ1) is 12.6. The van der Waals surface area contributed by atoms with Crippen molar-refractivity contribution in [2.45, 2.75) is 32.1 Å². The zero-order chi connectivity index (χ0) is 13.0. The molecule has 0 saturated carbocycles. The summed E-state index contributed by atoms with van der Waals surface area (Å²) in [7, 11) is 0. The summed E-state index contributed by atoms with van der Waals surface area (Å²) in [5, 5.41) is 8.78. The van der Waals surface area contributed by atoms with Crippen molar-refractivity contribution in [1.29, 1.82) is 0 Å². The lowest BCUT2D eigenvalue weighted by Crippen LogP contribution is -2.30. The van der Waals surface area contributed by atoms with Gasteiger partial charge in [-0.05, 0) is 30.5 Å². The second-order valence-corrected chi connectivity index (χ2v) is 4.60. The van der Waals surface area contributed by atoms with Gasteiger partial charge in [-0.3, -0.25) is 9.59 Å². The zero-order valence-electron chi connectivity index (χ0n) is 10.3. The number of carbonyl (C=O) groups excluding carboxylic acids is 1. The molecule has 1 fully saturated rings. The Balaban J connectivity index is 2.20. The molecule has 0 radical (unpaired) electrons. The number of carboxylic acids is 1. The van der Waals surface area contributed by atoms with Crippen LogP contribution in [0.15, 0.2) is 24.3 Å². The van der Waals surface area contributed by atoms with Crippen LogP contribution < -0.4 is 4.90 Å². The SMILES string of the molecule is O=C(O)Cc1cccc(N2CCCCCC2=O)c1. The first-order chi connectivity index (χ1) is 8.66. The van der Waals surface area contributed by atoms with Crippen LogP contribution in [0, 0.1) is 0 Å². The molecule has 4 nitrogen and oxygen atoms in total. The number of rotatable bonds is 3. The highest BCUT2D eigenvalue weighted by Gasteiger charge is 2.18. The molecule has 1 aromatic carbocycles. The van der Waals surface area contributed by atoms with Crippen molar-refractivity contribution in [3.63, 3.8) is 0 Å². The largest absolute Gasteiger partial charge is 0.481 e. The lowest BCUT2D eigenvalue weighted by molar-refractivity contribution is -0.136. The van der Waals surface area contributed by atoms with Crippen LogP contribution in [0.1, 0.15) is 31.2 Å². The van der Waals surface area contributed by atoms with Crippen molar-refractivity contribution in [3.05, 3.63) is 29.8 Å². The first-order valence-corrected chi connectivity index (χ1v) is 6.28. The number of nitrogens with zero attached hydrogens (tertiary/aromatic N) is 1. The van der Waals surface area contributed by atoms with Gasteiger partial charge in [-0.2, -0.15) is 0 Å². The van der Waals surface area contributed by atoms with Crippen molar-refractivity contribution in [3.8, 4) is 0 Å². The van der Waals surface area contributed by atoms with Crippen LogP contribution in [0.2, 0.25) is 0 Å². The summed E-state index contributed by atoms with van der Waals surface area (Å²) < 4.78 is 0. The summed E-state index contributed by atoms with van der Waals surface area (Å²) in [5.41, 5.74) is 1.55. The van der Waals surface area contributed by atoms with Crippen molar-refractivity contribution >= 4 is 17.6 Å². The predicted octanol–water partition coefficient (Wildman–Crippen LogP) is 2.22. The Morgan fingerprint density at radius 3 is 2.89 bits per heavy atom. The van der Waals surface area contributed by atoms with E-state index >= 15 is 0 Å². The van der Waals surface area contributed by atoms with E-state index in [0.717, 1.165) is 37.1 Å². The molecule has 18 heavy (non-hydrogen) atoms. The average Bonchev–Trinajstić information content (AvgIpc) is 2.53. The van der Waals surface area contributed by atoms with Crippen LogP contribution in [-0.2, 0) is 16.0 Å². The fourth-order valence-corrected chi connectivity index (χ4v) is 2.26. The highest BCUT2D eigenvalue weighted by atomic mass is 16.4. The van der Waals surface area contributed by atoms with E-state index in [2.05, 4.69) is 0 Å². The molecule has 0 unspecified atom stereocenters. The Kier molecular flexibility index (Phi) is 3.97. The molecule has 0 atom stereocenters. The Labute approximate surface area is 106 Å². The normalized spacial score (nSPS) is 16.4. The Morgan fingerprint density at radius 1 is 1.28 bits per heavy atom. The van der Waals surface area contributed by atoms with Gasteiger partial charge < -0.3 is 10.0 Å². The number of benzene rings is 1. The summed E-state index contributed by atoms with van der Waals surface area (Å²) in [6.07, 6.45) is 3.62. The fourth-order valence-electron chi connectivity index (χ4n) is 2.26. The molecular weight excluding hydrogens is 230 g/mol. The van der Waals surface area contributed by atoms with Gasteiger partial charge in [-0.25, -0.2) is 0 Å². The zero-order valence-corrected chi connectivity index (χ0v) is 10.3. The third kappa shape index (κ3) is 3.09. The maximum atomic E-state index is 12.0. The van der Waals surface area contributed by atoms with Gasteiger partial charge in [0.05, 0.1) is 6.42 Å². The van der Waals surface area contributed by atoms with Gasteiger partial charge in [-0.1, -0.05) is 18.6 Å². The number of hydrogen-bond acceptors (Lipinski definition) is 2. The van der Waals surface area contributed by atoms with Crippen molar-refractivity contribution in [2.24, 2.45) is 0 Å². The van der Waals surface area contributed by atoms with Crippen LogP contribution in [-0.4, -0.2) is 23.5 Å². The van der Waals surface area contributed by atoms with E-state index in [1.54, 1.807) is 17.0 Å². The molecule has 4 heteroatoms. The van der Waals surface area contributed by atoms with Crippen LogP contribution in [0.5, 0.6) is 0 Å². The number of amides is 1. The number of anilines is 1. The van der Waals surface area contributed by atoms with Gasteiger partial charge in [0.25, 0.3) is 0 Å². The van der Waals surface area contributed by atoms with Gasteiger partial charge >= 0.3 is 5.97 Å². The number of aliphatic carboxylic acids is 1. The maximum Gasteiger partial charge on any atom is 0.307 e. The van der Waals surface area contributed by atoms with Crippen molar-refractivity contribution in [1.82, 2.24) is 0 Å². The first-order valence-electron chi connectivity index (χ1n) is 6.28. The van der Waals surface area contributed by atoms with Gasteiger partial charge in [0.1, 0.15) is 0 Å². The lowest BCUT2D eigenvalue weighted by Gasteiger charge is -2.21. The maximum absolute atomic E-state index is 12.0. The van der Waals surface area contributed by atoms with Gasteiger partial charge in [0.15, 0.2) is 0 Å². The third-order valence-electron chi connectivity index (χ3n) is 3.15. The minimum atomic E-state index is -0.852. The summed E-state index contributed by atoms with van der Waals surface area (Å²) in [6.45, 7) is 0.732. The second kappa shape index (κ2) is 5.67. The van der Waals surface area contributed by atoms with E-state index in [0.29, 0.717) is 6.42 Å². The van der Waals surface area contributed by atoms with E-state index in [-0.39, 0.29) is 12.3 Å². The van der Waals surface area contributed by atoms with Gasteiger partial charge in [0.2, 0.25) is 5.91 Å². The van der Waals surface area contributed by atoms with Crippen LogP contribution >= 0.6 is 0 Å². The van der Waals surface area contributed by atoms with Crippen LogP contribution in [0.4, 0.5) is 5.69 Å². The predicted molar refractivity (Wildman–Crippen MR) is 68.6 cm³/mol. The summed E-state index contributed by atoms with van der Waals surface area (Å²) in [4.78, 5) is 24.4. The molecule has 1 aliphatic rings. The number of hydrogen-bond donors (Lipinski definition) is 1. The Hall–Kier alpha value is -1.84. The summed E-state index contributed by atoms with van der Waals surface area (Å²) >= 11 is 0. The Morgan fingerprint density at radius 2 is 2.11 bits per heavy atom. The van der Waals surface area contributed by atoms with E-state index < -0.39 is 5.97 Å². The van der Waals surface area contributed by atoms with E-state index in [9.17, 15) is 9.59 Å². The molecule has 2 rings (SSSR count). The molecular formula is C14H17NO3.